The minimum Gasteiger partial charge on any atom is -0.454 e. The van der Waals surface area contributed by atoms with E-state index in [0.717, 1.165) is 17.1 Å². The standard InChI is InChI=1S/C18H15N3O3S/c1-21(13-5-3-2-4-6-13)17(22)14-10-25-18(20-14)19-12-7-8-15-16(9-12)24-11-23-15/h2-10H,11H2,1H3,(H,19,20). The highest BCUT2D eigenvalue weighted by Gasteiger charge is 2.18. The maximum Gasteiger partial charge on any atom is 0.277 e. The molecule has 0 saturated carbocycles. The highest BCUT2D eigenvalue weighted by atomic mass is 32.1. The van der Waals surface area contributed by atoms with Crippen molar-refractivity contribution in [1.29, 1.82) is 0 Å². The van der Waals surface area contributed by atoms with Crippen molar-refractivity contribution < 1.29 is 14.3 Å². The summed E-state index contributed by atoms with van der Waals surface area (Å²) >= 11 is 1.38. The van der Waals surface area contributed by atoms with Gasteiger partial charge in [-0.2, -0.15) is 0 Å². The molecule has 1 aliphatic heterocycles. The Kier molecular flexibility index (Phi) is 3.99. The number of rotatable bonds is 4. The molecule has 0 atom stereocenters. The lowest BCUT2D eigenvalue weighted by atomic mass is 10.3. The number of anilines is 3. The Hall–Kier alpha value is -3.06. The summed E-state index contributed by atoms with van der Waals surface area (Å²) in [4.78, 5) is 18.5. The zero-order chi connectivity index (χ0) is 17.2. The molecule has 25 heavy (non-hydrogen) atoms. The highest BCUT2D eigenvalue weighted by Crippen LogP contribution is 2.35. The molecule has 2 heterocycles. The lowest BCUT2D eigenvalue weighted by Gasteiger charge is -2.15. The molecular formula is C18H15N3O3S. The average Bonchev–Trinajstić information content (AvgIpc) is 3.30. The second kappa shape index (κ2) is 6.45. The molecule has 126 valence electrons. The van der Waals surface area contributed by atoms with Crippen molar-refractivity contribution in [3.05, 3.63) is 59.6 Å². The number of fused-ring (bicyclic) bond motifs is 1. The first-order valence-electron chi connectivity index (χ1n) is 7.66. The van der Waals surface area contributed by atoms with E-state index in [-0.39, 0.29) is 12.7 Å². The average molecular weight is 353 g/mol. The van der Waals surface area contributed by atoms with Crippen molar-refractivity contribution in [1.82, 2.24) is 4.98 Å². The minimum absolute atomic E-state index is 0.152. The molecule has 0 fully saturated rings. The van der Waals surface area contributed by atoms with Crippen LogP contribution in [0, 0.1) is 0 Å². The summed E-state index contributed by atoms with van der Waals surface area (Å²) in [6.45, 7) is 0.237. The van der Waals surface area contributed by atoms with Crippen LogP contribution >= 0.6 is 11.3 Å². The fourth-order valence-electron chi connectivity index (χ4n) is 2.47. The highest BCUT2D eigenvalue weighted by molar-refractivity contribution is 7.14. The summed E-state index contributed by atoms with van der Waals surface area (Å²) in [5.41, 5.74) is 2.05. The van der Waals surface area contributed by atoms with Crippen molar-refractivity contribution in [3.63, 3.8) is 0 Å². The van der Waals surface area contributed by atoms with E-state index in [0.29, 0.717) is 16.6 Å². The monoisotopic (exact) mass is 353 g/mol. The van der Waals surface area contributed by atoms with E-state index in [1.54, 1.807) is 17.3 Å². The second-order valence-corrected chi connectivity index (χ2v) is 6.29. The van der Waals surface area contributed by atoms with E-state index in [1.165, 1.54) is 11.3 Å². The van der Waals surface area contributed by atoms with Crippen LogP contribution in [0.2, 0.25) is 0 Å². The molecule has 0 bridgehead atoms. The third-order valence-electron chi connectivity index (χ3n) is 3.80. The first-order valence-corrected chi connectivity index (χ1v) is 8.54. The molecule has 0 aliphatic carbocycles. The first kappa shape index (κ1) is 15.5. The second-order valence-electron chi connectivity index (χ2n) is 5.43. The normalized spacial score (nSPS) is 12.0. The van der Waals surface area contributed by atoms with Crippen LogP contribution in [-0.4, -0.2) is 24.7 Å². The molecule has 1 amide bonds. The molecular weight excluding hydrogens is 338 g/mol. The van der Waals surface area contributed by atoms with Crippen molar-refractivity contribution >= 4 is 33.8 Å². The summed E-state index contributed by atoms with van der Waals surface area (Å²) in [5.74, 6) is 1.27. The van der Waals surface area contributed by atoms with Crippen LogP contribution in [0.3, 0.4) is 0 Å². The number of nitrogens with one attached hydrogen (secondary N) is 1. The smallest absolute Gasteiger partial charge is 0.277 e. The SMILES string of the molecule is CN(C(=O)c1csc(Nc2ccc3c(c2)OCO3)n1)c1ccccc1. The Balaban J connectivity index is 1.49. The lowest BCUT2D eigenvalue weighted by molar-refractivity contribution is 0.0989. The quantitative estimate of drug-likeness (QED) is 0.771. The van der Waals surface area contributed by atoms with Crippen molar-refractivity contribution in [3.8, 4) is 11.5 Å². The number of nitrogens with zero attached hydrogens (tertiary/aromatic N) is 2. The van der Waals surface area contributed by atoms with E-state index in [2.05, 4.69) is 10.3 Å². The van der Waals surface area contributed by atoms with Crippen LogP contribution in [0.25, 0.3) is 0 Å². The predicted octanol–water partition coefficient (Wildman–Crippen LogP) is 3.89. The molecule has 2 aromatic carbocycles. The Morgan fingerprint density at radius 1 is 1.16 bits per heavy atom. The van der Waals surface area contributed by atoms with Gasteiger partial charge in [0.1, 0.15) is 5.69 Å². The van der Waals surface area contributed by atoms with Crippen LogP contribution in [0.1, 0.15) is 10.5 Å². The molecule has 0 saturated heterocycles. The number of para-hydroxylation sites is 1. The number of benzene rings is 2. The Labute approximate surface area is 148 Å². The number of carbonyl (C=O) groups is 1. The summed E-state index contributed by atoms with van der Waals surface area (Å²) in [6, 6.07) is 15.0. The van der Waals surface area contributed by atoms with Crippen LogP contribution in [0.4, 0.5) is 16.5 Å². The topological polar surface area (TPSA) is 63.7 Å². The molecule has 1 aliphatic rings. The van der Waals surface area contributed by atoms with Gasteiger partial charge in [-0.15, -0.1) is 11.3 Å². The largest absolute Gasteiger partial charge is 0.454 e. The van der Waals surface area contributed by atoms with Gasteiger partial charge in [-0.3, -0.25) is 4.79 Å². The lowest BCUT2D eigenvalue weighted by Crippen LogP contribution is -2.26. The van der Waals surface area contributed by atoms with E-state index in [1.807, 2.05) is 48.5 Å². The van der Waals surface area contributed by atoms with Crippen LogP contribution in [-0.2, 0) is 0 Å². The minimum atomic E-state index is -0.152. The van der Waals surface area contributed by atoms with Gasteiger partial charge in [0.05, 0.1) is 0 Å². The van der Waals surface area contributed by atoms with Crippen molar-refractivity contribution in [2.75, 3.05) is 24.1 Å². The van der Waals surface area contributed by atoms with Gasteiger partial charge in [-0.05, 0) is 24.3 Å². The maximum absolute atomic E-state index is 12.6. The molecule has 0 spiro atoms. The maximum atomic E-state index is 12.6. The summed E-state index contributed by atoms with van der Waals surface area (Å²) in [7, 11) is 1.74. The van der Waals surface area contributed by atoms with E-state index in [4.69, 9.17) is 9.47 Å². The van der Waals surface area contributed by atoms with Crippen molar-refractivity contribution in [2.24, 2.45) is 0 Å². The predicted molar refractivity (Wildman–Crippen MR) is 97.1 cm³/mol. The molecule has 0 radical (unpaired) electrons. The van der Waals surface area contributed by atoms with E-state index in [9.17, 15) is 4.79 Å². The zero-order valence-electron chi connectivity index (χ0n) is 13.4. The summed E-state index contributed by atoms with van der Waals surface area (Å²) < 4.78 is 10.7. The fourth-order valence-corrected chi connectivity index (χ4v) is 3.17. The number of amides is 1. The van der Waals surface area contributed by atoms with Gasteiger partial charge < -0.3 is 19.7 Å². The Morgan fingerprint density at radius 3 is 2.80 bits per heavy atom. The molecule has 0 unspecified atom stereocenters. The van der Waals surface area contributed by atoms with Crippen LogP contribution in [0.5, 0.6) is 11.5 Å². The number of hydrogen-bond donors (Lipinski definition) is 1. The third kappa shape index (κ3) is 3.14. The van der Waals surface area contributed by atoms with E-state index < -0.39 is 0 Å². The number of carbonyl (C=O) groups excluding carboxylic acids is 1. The zero-order valence-corrected chi connectivity index (χ0v) is 14.2. The third-order valence-corrected chi connectivity index (χ3v) is 4.55. The van der Waals surface area contributed by atoms with E-state index >= 15 is 0 Å². The molecule has 7 heteroatoms. The number of hydrogen-bond acceptors (Lipinski definition) is 6. The number of ether oxygens (including phenoxy) is 2. The summed E-state index contributed by atoms with van der Waals surface area (Å²) in [6.07, 6.45) is 0. The summed E-state index contributed by atoms with van der Waals surface area (Å²) in [5, 5.41) is 5.58. The number of thiazole rings is 1. The van der Waals surface area contributed by atoms with Gasteiger partial charge in [0.15, 0.2) is 16.6 Å². The van der Waals surface area contributed by atoms with Crippen LogP contribution < -0.4 is 19.7 Å². The molecule has 4 rings (SSSR count). The van der Waals surface area contributed by atoms with Gasteiger partial charge >= 0.3 is 0 Å². The van der Waals surface area contributed by atoms with Gasteiger partial charge in [0.25, 0.3) is 5.91 Å². The number of aromatic nitrogens is 1. The Morgan fingerprint density at radius 2 is 1.96 bits per heavy atom. The Bertz CT molecular complexity index is 911. The van der Waals surface area contributed by atoms with Crippen molar-refractivity contribution in [2.45, 2.75) is 0 Å². The van der Waals surface area contributed by atoms with Gasteiger partial charge in [-0.1, -0.05) is 18.2 Å². The van der Waals surface area contributed by atoms with Crippen LogP contribution in [0.15, 0.2) is 53.9 Å². The first-order chi connectivity index (χ1) is 12.2. The van der Waals surface area contributed by atoms with Gasteiger partial charge in [0.2, 0.25) is 6.79 Å². The fraction of sp³-hybridized carbons (Fsp3) is 0.111. The molecule has 3 aromatic rings. The molecule has 1 aromatic heterocycles. The molecule has 1 N–H and O–H groups in total. The van der Waals surface area contributed by atoms with Gasteiger partial charge in [-0.25, -0.2) is 4.98 Å². The molecule has 6 nitrogen and oxygen atoms in total. The van der Waals surface area contributed by atoms with Gasteiger partial charge in [0, 0.05) is 29.9 Å².